The zero-order chi connectivity index (χ0) is 14.1. The standard InChI is InChI=1S/C13H22ClN3O2/c1-2-3-8-17-13(19)12(14)11(10-16-17)15-7-5-4-6-9-18/h10,15,18H,2-9H2,1H3. The van der Waals surface area contributed by atoms with Gasteiger partial charge in [0.05, 0.1) is 11.9 Å². The van der Waals surface area contributed by atoms with Gasteiger partial charge in [0.25, 0.3) is 5.56 Å². The van der Waals surface area contributed by atoms with Gasteiger partial charge in [-0.05, 0) is 25.7 Å². The van der Waals surface area contributed by atoms with Crippen molar-refractivity contribution in [3.05, 3.63) is 21.6 Å². The van der Waals surface area contributed by atoms with E-state index >= 15 is 0 Å². The van der Waals surface area contributed by atoms with E-state index in [2.05, 4.69) is 17.3 Å². The number of hydrogen-bond acceptors (Lipinski definition) is 4. The maximum absolute atomic E-state index is 11.9. The molecule has 0 aliphatic carbocycles. The fourth-order valence-corrected chi connectivity index (χ4v) is 1.91. The number of nitrogens with one attached hydrogen (secondary N) is 1. The van der Waals surface area contributed by atoms with Gasteiger partial charge in [-0.15, -0.1) is 0 Å². The highest BCUT2D eigenvalue weighted by molar-refractivity contribution is 6.32. The van der Waals surface area contributed by atoms with Crippen molar-refractivity contribution < 1.29 is 5.11 Å². The van der Waals surface area contributed by atoms with Crippen LogP contribution in [0.1, 0.15) is 39.0 Å². The van der Waals surface area contributed by atoms with E-state index in [4.69, 9.17) is 16.7 Å². The van der Waals surface area contributed by atoms with Crippen molar-refractivity contribution in [2.45, 2.75) is 45.6 Å². The van der Waals surface area contributed by atoms with Crippen LogP contribution in [0.4, 0.5) is 5.69 Å². The van der Waals surface area contributed by atoms with E-state index in [0.717, 1.165) is 38.6 Å². The zero-order valence-electron chi connectivity index (χ0n) is 11.4. The van der Waals surface area contributed by atoms with E-state index in [-0.39, 0.29) is 17.2 Å². The first-order valence-corrected chi connectivity index (χ1v) is 7.18. The zero-order valence-corrected chi connectivity index (χ0v) is 12.1. The number of aliphatic hydroxyl groups is 1. The molecular weight excluding hydrogens is 266 g/mol. The molecule has 2 N–H and O–H groups in total. The first kappa shape index (κ1) is 16.0. The van der Waals surface area contributed by atoms with Crippen LogP contribution < -0.4 is 10.9 Å². The lowest BCUT2D eigenvalue weighted by Gasteiger charge is -2.09. The largest absolute Gasteiger partial charge is 0.396 e. The molecule has 0 aliphatic rings. The molecule has 19 heavy (non-hydrogen) atoms. The molecule has 0 atom stereocenters. The highest BCUT2D eigenvalue weighted by Crippen LogP contribution is 2.15. The Morgan fingerprint density at radius 3 is 2.84 bits per heavy atom. The third-order valence-corrected chi connectivity index (χ3v) is 3.22. The lowest BCUT2D eigenvalue weighted by molar-refractivity contribution is 0.283. The van der Waals surface area contributed by atoms with Crippen molar-refractivity contribution in [1.29, 1.82) is 0 Å². The molecule has 0 fully saturated rings. The smallest absolute Gasteiger partial charge is 0.287 e. The molecule has 1 rings (SSSR count). The van der Waals surface area contributed by atoms with Crippen LogP contribution in [-0.2, 0) is 6.54 Å². The lowest BCUT2D eigenvalue weighted by atomic mass is 10.2. The molecular formula is C13H22ClN3O2. The fraction of sp³-hybridized carbons (Fsp3) is 0.692. The second kappa shape index (κ2) is 8.93. The molecule has 0 saturated heterocycles. The number of nitrogens with zero attached hydrogens (tertiary/aromatic N) is 2. The van der Waals surface area contributed by atoms with Crippen molar-refractivity contribution >= 4 is 17.3 Å². The monoisotopic (exact) mass is 287 g/mol. The summed E-state index contributed by atoms with van der Waals surface area (Å²) >= 11 is 6.04. The summed E-state index contributed by atoms with van der Waals surface area (Å²) in [5.74, 6) is 0. The summed E-state index contributed by atoms with van der Waals surface area (Å²) in [6, 6.07) is 0. The average Bonchev–Trinajstić information content (AvgIpc) is 2.42. The lowest BCUT2D eigenvalue weighted by Crippen LogP contribution is -2.24. The van der Waals surface area contributed by atoms with Gasteiger partial charge in [0.15, 0.2) is 0 Å². The molecule has 0 aromatic carbocycles. The van der Waals surface area contributed by atoms with Crippen molar-refractivity contribution in [1.82, 2.24) is 9.78 Å². The van der Waals surface area contributed by atoms with E-state index in [1.165, 1.54) is 4.68 Å². The van der Waals surface area contributed by atoms with Crippen LogP contribution in [0.5, 0.6) is 0 Å². The minimum absolute atomic E-state index is 0.202. The van der Waals surface area contributed by atoms with Gasteiger partial charge in [0.2, 0.25) is 0 Å². The van der Waals surface area contributed by atoms with Crippen LogP contribution in [0.2, 0.25) is 5.02 Å². The van der Waals surface area contributed by atoms with E-state index < -0.39 is 0 Å². The van der Waals surface area contributed by atoms with Gasteiger partial charge in [0.1, 0.15) is 5.02 Å². The molecule has 6 heteroatoms. The third kappa shape index (κ3) is 5.20. The summed E-state index contributed by atoms with van der Waals surface area (Å²) in [6.07, 6.45) is 6.20. The Hall–Kier alpha value is -1.07. The molecule has 0 saturated carbocycles. The molecule has 108 valence electrons. The van der Waals surface area contributed by atoms with Gasteiger partial charge < -0.3 is 10.4 Å². The molecule has 1 aromatic rings. The molecule has 0 bridgehead atoms. The summed E-state index contributed by atoms with van der Waals surface area (Å²) in [6.45, 7) is 3.61. The summed E-state index contributed by atoms with van der Waals surface area (Å²) < 4.78 is 1.41. The Kier molecular flexibility index (Phi) is 7.52. The van der Waals surface area contributed by atoms with E-state index in [9.17, 15) is 4.79 Å². The molecule has 0 unspecified atom stereocenters. The predicted molar refractivity (Wildman–Crippen MR) is 77.8 cm³/mol. The number of unbranched alkanes of at least 4 members (excludes halogenated alkanes) is 3. The van der Waals surface area contributed by atoms with Gasteiger partial charge in [-0.25, -0.2) is 4.68 Å². The number of hydrogen-bond donors (Lipinski definition) is 2. The summed E-state index contributed by atoms with van der Waals surface area (Å²) in [4.78, 5) is 11.9. The van der Waals surface area contributed by atoms with Crippen molar-refractivity contribution in [2.24, 2.45) is 0 Å². The second-order valence-corrected chi connectivity index (χ2v) is 4.84. The van der Waals surface area contributed by atoms with E-state index in [1.54, 1.807) is 6.20 Å². The Bertz CT molecular complexity index is 434. The Labute approximate surface area is 118 Å². The van der Waals surface area contributed by atoms with Crippen molar-refractivity contribution in [2.75, 3.05) is 18.5 Å². The first-order valence-electron chi connectivity index (χ1n) is 6.81. The van der Waals surface area contributed by atoms with Gasteiger partial charge in [0, 0.05) is 19.7 Å². The van der Waals surface area contributed by atoms with Crippen molar-refractivity contribution in [3.63, 3.8) is 0 Å². The molecule has 0 radical (unpaired) electrons. The molecule has 5 nitrogen and oxygen atoms in total. The number of aliphatic hydroxyl groups excluding tert-OH is 1. The maximum atomic E-state index is 11.9. The first-order chi connectivity index (χ1) is 9.20. The highest BCUT2D eigenvalue weighted by atomic mass is 35.5. The van der Waals surface area contributed by atoms with Gasteiger partial charge in [-0.2, -0.15) is 5.10 Å². The molecule has 1 aromatic heterocycles. The van der Waals surface area contributed by atoms with Crippen LogP contribution >= 0.6 is 11.6 Å². The summed E-state index contributed by atoms with van der Waals surface area (Å²) in [5, 5.41) is 16.1. The molecule has 1 heterocycles. The number of halogens is 1. The van der Waals surface area contributed by atoms with Crippen LogP contribution in [0, 0.1) is 0 Å². The predicted octanol–water partition coefficient (Wildman–Crippen LogP) is 2.27. The Morgan fingerprint density at radius 1 is 1.37 bits per heavy atom. The highest BCUT2D eigenvalue weighted by Gasteiger charge is 2.08. The van der Waals surface area contributed by atoms with Gasteiger partial charge in [-0.3, -0.25) is 4.79 Å². The van der Waals surface area contributed by atoms with Crippen LogP contribution in [0.25, 0.3) is 0 Å². The Balaban J connectivity index is 2.56. The molecule has 0 aliphatic heterocycles. The van der Waals surface area contributed by atoms with Crippen molar-refractivity contribution in [3.8, 4) is 0 Å². The van der Waals surface area contributed by atoms with Crippen LogP contribution in [0.15, 0.2) is 11.0 Å². The normalized spacial score (nSPS) is 10.7. The quantitative estimate of drug-likeness (QED) is 0.684. The van der Waals surface area contributed by atoms with Gasteiger partial charge >= 0.3 is 0 Å². The summed E-state index contributed by atoms with van der Waals surface area (Å²) in [5.41, 5.74) is 0.346. The fourth-order valence-electron chi connectivity index (χ4n) is 1.69. The van der Waals surface area contributed by atoms with E-state index in [1.807, 2.05) is 0 Å². The van der Waals surface area contributed by atoms with Gasteiger partial charge in [-0.1, -0.05) is 24.9 Å². The maximum Gasteiger partial charge on any atom is 0.287 e. The van der Waals surface area contributed by atoms with E-state index in [0.29, 0.717) is 12.2 Å². The molecule has 0 amide bonds. The minimum Gasteiger partial charge on any atom is -0.396 e. The second-order valence-electron chi connectivity index (χ2n) is 4.47. The summed E-state index contributed by atoms with van der Waals surface area (Å²) in [7, 11) is 0. The Morgan fingerprint density at radius 2 is 2.16 bits per heavy atom. The molecule has 0 spiro atoms. The number of anilines is 1. The van der Waals surface area contributed by atoms with Crippen LogP contribution in [-0.4, -0.2) is 28.0 Å². The minimum atomic E-state index is -0.240. The number of rotatable bonds is 9. The third-order valence-electron chi connectivity index (χ3n) is 2.86. The van der Waals surface area contributed by atoms with Crippen LogP contribution in [0.3, 0.4) is 0 Å². The average molecular weight is 288 g/mol. The number of aromatic nitrogens is 2. The SMILES string of the molecule is CCCCn1ncc(NCCCCCO)c(Cl)c1=O. The topological polar surface area (TPSA) is 67.2 Å². The number of aryl methyl sites for hydroxylation is 1.